The number of benzene rings is 3. The zero-order valence-electron chi connectivity index (χ0n) is 19.9. The summed E-state index contributed by atoms with van der Waals surface area (Å²) in [7, 11) is -0.383. The van der Waals surface area contributed by atoms with Gasteiger partial charge in [0.2, 0.25) is 0 Å². The summed E-state index contributed by atoms with van der Waals surface area (Å²) in [5, 5.41) is 2.91. The fraction of sp³-hybridized carbons (Fsp3) is 0.269. The molecule has 1 amide bonds. The van der Waals surface area contributed by atoms with Crippen LogP contribution >= 0.6 is 0 Å². The van der Waals surface area contributed by atoms with E-state index in [9.17, 15) is 13.2 Å². The van der Waals surface area contributed by atoms with Crippen LogP contribution in [-0.4, -0.2) is 39.4 Å². The van der Waals surface area contributed by atoms with E-state index in [1.54, 1.807) is 36.4 Å². The molecule has 0 atom stereocenters. The SMILES string of the molecule is COc1ccccc1NS(=O)(=O)c1cccc(C(=O)NCc2ccccc2CN(C)C(C)C)c1. The monoisotopic (exact) mass is 481 g/mol. The molecule has 7 nitrogen and oxygen atoms in total. The number of ether oxygens (including phenoxy) is 1. The molecule has 180 valence electrons. The van der Waals surface area contributed by atoms with Crippen LogP contribution < -0.4 is 14.8 Å². The highest BCUT2D eigenvalue weighted by Crippen LogP contribution is 2.26. The minimum atomic E-state index is -3.91. The minimum Gasteiger partial charge on any atom is -0.495 e. The van der Waals surface area contributed by atoms with Gasteiger partial charge in [-0.05, 0) is 62.4 Å². The molecule has 0 aromatic heterocycles. The predicted octanol–water partition coefficient (Wildman–Crippen LogP) is 4.27. The van der Waals surface area contributed by atoms with Crippen molar-refractivity contribution in [2.75, 3.05) is 18.9 Å². The Morgan fingerprint density at radius 2 is 1.65 bits per heavy atom. The van der Waals surface area contributed by atoms with E-state index < -0.39 is 10.0 Å². The summed E-state index contributed by atoms with van der Waals surface area (Å²) >= 11 is 0. The highest BCUT2D eigenvalue weighted by Gasteiger charge is 2.18. The summed E-state index contributed by atoms with van der Waals surface area (Å²) in [5.74, 6) is 0.0584. The first kappa shape index (κ1) is 25.3. The van der Waals surface area contributed by atoms with Crippen molar-refractivity contribution < 1.29 is 17.9 Å². The third-order valence-corrected chi connectivity index (χ3v) is 6.98. The van der Waals surface area contributed by atoms with Crippen LogP contribution in [-0.2, 0) is 23.1 Å². The van der Waals surface area contributed by atoms with Gasteiger partial charge in [0.25, 0.3) is 15.9 Å². The lowest BCUT2D eigenvalue weighted by molar-refractivity contribution is 0.0950. The second-order valence-electron chi connectivity index (χ2n) is 8.29. The predicted molar refractivity (Wildman–Crippen MR) is 134 cm³/mol. The number of rotatable bonds is 10. The number of nitrogens with one attached hydrogen (secondary N) is 2. The van der Waals surface area contributed by atoms with Crippen LogP contribution in [0.3, 0.4) is 0 Å². The lowest BCUT2D eigenvalue weighted by atomic mass is 10.1. The van der Waals surface area contributed by atoms with E-state index in [1.165, 1.54) is 19.2 Å². The van der Waals surface area contributed by atoms with Gasteiger partial charge >= 0.3 is 0 Å². The fourth-order valence-electron chi connectivity index (χ4n) is 3.35. The third-order valence-electron chi connectivity index (χ3n) is 5.62. The Balaban J connectivity index is 1.73. The maximum Gasteiger partial charge on any atom is 0.262 e. The second kappa shape index (κ2) is 11.2. The molecule has 0 saturated carbocycles. The Morgan fingerprint density at radius 1 is 0.971 bits per heavy atom. The number of anilines is 1. The molecule has 0 bridgehead atoms. The van der Waals surface area contributed by atoms with Crippen molar-refractivity contribution in [1.29, 1.82) is 0 Å². The first-order valence-electron chi connectivity index (χ1n) is 11.0. The summed E-state index contributed by atoms with van der Waals surface area (Å²) in [6.07, 6.45) is 0. The molecular formula is C26H31N3O4S. The van der Waals surface area contributed by atoms with Crippen LogP contribution in [0.25, 0.3) is 0 Å². The zero-order valence-corrected chi connectivity index (χ0v) is 20.7. The van der Waals surface area contributed by atoms with Gasteiger partial charge in [-0.3, -0.25) is 14.4 Å². The average Bonchev–Trinajstić information content (AvgIpc) is 2.83. The van der Waals surface area contributed by atoms with E-state index >= 15 is 0 Å². The van der Waals surface area contributed by atoms with Gasteiger partial charge in [-0.1, -0.05) is 42.5 Å². The van der Waals surface area contributed by atoms with Gasteiger partial charge in [-0.25, -0.2) is 8.42 Å². The Morgan fingerprint density at radius 3 is 2.35 bits per heavy atom. The van der Waals surface area contributed by atoms with E-state index in [2.05, 4.69) is 41.9 Å². The molecule has 34 heavy (non-hydrogen) atoms. The maximum atomic E-state index is 12.9. The first-order chi connectivity index (χ1) is 16.2. The number of carbonyl (C=O) groups is 1. The summed E-state index contributed by atoms with van der Waals surface area (Å²) in [6, 6.07) is 21.1. The largest absolute Gasteiger partial charge is 0.495 e. The van der Waals surface area contributed by atoms with Crippen molar-refractivity contribution in [3.8, 4) is 5.75 Å². The van der Waals surface area contributed by atoms with Crippen LogP contribution in [0.1, 0.15) is 35.3 Å². The Hall–Kier alpha value is -3.36. The van der Waals surface area contributed by atoms with E-state index in [-0.39, 0.29) is 16.4 Å². The van der Waals surface area contributed by atoms with Crippen molar-refractivity contribution >= 4 is 21.6 Å². The maximum absolute atomic E-state index is 12.9. The summed E-state index contributed by atoms with van der Waals surface area (Å²) in [4.78, 5) is 15.1. The standard InChI is InChI=1S/C26H31N3O4S/c1-19(2)29(3)18-22-11-6-5-10-21(22)17-27-26(30)20-12-9-13-23(16-20)34(31,32)28-24-14-7-8-15-25(24)33-4/h5-16,19,28H,17-18H2,1-4H3,(H,27,30). The van der Waals surface area contributed by atoms with Crippen molar-refractivity contribution in [2.45, 2.75) is 37.9 Å². The molecule has 0 saturated heterocycles. The van der Waals surface area contributed by atoms with Gasteiger partial charge in [-0.2, -0.15) is 0 Å². The van der Waals surface area contributed by atoms with Crippen molar-refractivity contribution in [3.63, 3.8) is 0 Å². The van der Waals surface area contributed by atoms with Crippen molar-refractivity contribution in [2.24, 2.45) is 0 Å². The van der Waals surface area contributed by atoms with Crippen molar-refractivity contribution in [3.05, 3.63) is 89.5 Å². The molecule has 0 unspecified atom stereocenters. The molecule has 3 aromatic carbocycles. The van der Waals surface area contributed by atoms with Gasteiger partial charge in [-0.15, -0.1) is 0 Å². The fourth-order valence-corrected chi connectivity index (χ4v) is 4.47. The summed E-state index contributed by atoms with van der Waals surface area (Å²) in [5.41, 5.74) is 2.74. The molecule has 2 N–H and O–H groups in total. The molecule has 0 fully saturated rings. The summed E-state index contributed by atoms with van der Waals surface area (Å²) in [6.45, 7) is 5.38. The van der Waals surface area contributed by atoms with E-state index in [0.717, 1.165) is 17.7 Å². The van der Waals surface area contributed by atoms with Gasteiger partial charge in [0.1, 0.15) is 5.75 Å². The Bertz CT molecular complexity index is 1240. The molecule has 3 aromatic rings. The number of hydrogen-bond donors (Lipinski definition) is 2. The van der Waals surface area contributed by atoms with E-state index in [4.69, 9.17) is 4.74 Å². The molecule has 0 aliphatic rings. The number of carbonyl (C=O) groups excluding carboxylic acids is 1. The number of amides is 1. The average molecular weight is 482 g/mol. The smallest absolute Gasteiger partial charge is 0.262 e. The molecule has 0 aliphatic carbocycles. The van der Waals surface area contributed by atoms with E-state index in [1.807, 2.05) is 18.2 Å². The van der Waals surface area contributed by atoms with Crippen molar-refractivity contribution in [1.82, 2.24) is 10.2 Å². The normalized spacial score (nSPS) is 11.5. The molecule has 0 aliphatic heterocycles. The number of sulfonamides is 1. The molecular weight excluding hydrogens is 450 g/mol. The quantitative estimate of drug-likeness (QED) is 0.452. The van der Waals surface area contributed by atoms with Crippen LogP contribution in [0.4, 0.5) is 5.69 Å². The highest BCUT2D eigenvalue weighted by molar-refractivity contribution is 7.92. The second-order valence-corrected chi connectivity index (χ2v) is 9.98. The lowest BCUT2D eigenvalue weighted by Gasteiger charge is -2.22. The zero-order chi connectivity index (χ0) is 24.7. The molecule has 3 rings (SSSR count). The topological polar surface area (TPSA) is 87.7 Å². The Kier molecular flexibility index (Phi) is 8.31. The third kappa shape index (κ3) is 6.36. The Labute approximate surface area is 201 Å². The lowest BCUT2D eigenvalue weighted by Crippen LogP contribution is -2.27. The molecule has 0 radical (unpaired) electrons. The van der Waals surface area contributed by atoms with Gasteiger partial charge in [0.15, 0.2) is 0 Å². The summed E-state index contributed by atoms with van der Waals surface area (Å²) < 4.78 is 33.6. The van der Waals surface area contributed by atoms with Crippen LogP contribution in [0.15, 0.2) is 77.7 Å². The van der Waals surface area contributed by atoms with Crippen LogP contribution in [0.2, 0.25) is 0 Å². The van der Waals surface area contributed by atoms with Gasteiger partial charge < -0.3 is 10.1 Å². The van der Waals surface area contributed by atoms with Gasteiger partial charge in [0.05, 0.1) is 17.7 Å². The number of hydrogen-bond acceptors (Lipinski definition) is 5. The molecule has 0 heterocycles. The first-order valence-corrected chi connectivity index (χ1v) is 12.5. The minimum absolute atomic E-state index is 0.00925. The van der Waals surface area contributed by atoms with Crippen LogP contribution in [0.5, 0.6) is 5.75 Å². The van der Waals surface area contributed by atoms with Gasteiger partial charge in [0, 0.05) is 24.7 Å². The molecule has 8 heteroatoms. The van der Waals surface area contributed by atoms with Crippen LogP contribution in [0, 0.1) is 0 Å². The highest BCUT2D eigenvalue weighted by atomic mass is 32.2. The van der Waals surface area contributed by atoms with E-state index in [0.29, 0.717) is 24.0 Å². The number of para-hydroxylation sites is 2. The number of nitrogens with zero attached hydrogens (tertiary/aromatic N) is 1. The number of methoxy groups -OCH3 is 1. The molecule has 0 spiro atoms.